The van der Waals surface area contributed by atoms with E-state index in [4.69, 9.17) is 9.88 Å². The Kier molecular flexibility index (Phi) is 5.74. The van der Waals surface area contributed by atoms with Gasteiger partial charge in [0, 0.05) is 31.1 Å². The molecule has 8 heteroatoms. The smallest absolute Gasteiger partial charge is 0.253 e. The Bertz CT molecular complexity index is 643. The van der Waals surface area contributed by atoms with Gasteiger partial charge in [0.25, 0.3) is 5.91 Å². The zero-order valence-electron chi connectivity index (χ0n) is 13.4. The summed E-state index contributed by atoms with van der Waals surface area (Å²) < 4.78 is 28.1. The van der Waals surface area contributed by atoms with Crippen LogP contribution in [0.1, 0.15) is 10.4 Å². The number of carbonyl (C=O) groups is 1. The number of rotatable bonds is 4. The molecule has 0 unspecified atom stereocenters. The van der Waals surface area contributed by atoms with Gasteiger partial charge in [-0.3, -0.25) is 4.79 Å². The fraction of sp³-hybridized carbons (Fsp3) is 0.533. The van der Waals surface area contributed by atoms with Gasteiger partial charge in [-0.2, -0.15) is 0 Å². The molecule has 1 aliphatic heterocycles. The molecule has 1 aromatic carbocycles. The number of hydrogen-bond acceptors (Lipinski definition) is 5. The van der Waals surface area contributed by atoms with Crippen molar-refractivity contribution in [3.8, 4) is 0 Å². The highest BCUT2D eigenvalue weighted by Gasteiger charge is 2.24. The van der Waals surface area contributed by atoms with Crippen molar-refractivity contribution in [2.75, 3.05) is 46.9 Å². The van der Waals surface area contributed by atoms with E-state index < -0.39 is 10.0 Å². The molecule has 0 radical (unpaired) electrons. The Balaban J connectivity index is 2.11. The summed E-state index contributed by atoms with van der Waals surface area (Å²) in [6, 6.07) is 5.70. The minimum Gasteiger partial charge on any atom is -0.379 e. The lowest BCUT2D eigenvalue weighted by atomic mass is 10.1. The van der Waals surface area contributed by atoms with E-state index in [0.717, 1.165) is 6.54 Å². The van der Waals surface area contributed by atoms with Crippen LogP contribution in [0.3, 0.4) is 0 Å². The number of primary sulfonamides is 1. The van der Waals surface area contributed by atoms with Crippen LogP contribution in [-0.4, -0.2) is 71.1 Å². The van der Waals surface area contributed by atoms with Crippen molar-refractivity contribution in [2.24, 2.45) is 11.1 Å². The molecule has 2 rings (SSSR count). The van der Waals surface area contributed by atoms with Crippen LogP contribution in [-0.2, 0) is 14.8 Å². The molecule has 7 nitrogen and oxygen atoms in total. The van der Waals surface area contributed by atoms with Crippen LogP contribution in [0.15, 0.2) is 29.2 Å². The van der Waals surface area contributed by atoms with Crippen LogP contribution in [0.5, 0.6) is 0 Å². The van der Waals surface area contributed by atoms with E-state index >= 15 is 0 Å². The minimum atomic E-state index is -3.75. The molecule has 2 N–H and O–H groups in total. The second kappa shape index (κ2) is 7.39. The molecule has 23 heavy (non-hydrogen) atoms. The molecule has 0 spiro atoms. The van der Waals surface area contributed by atoms with Gasteiger partial charge in [0.15, 0.2) is 0 Å². The van der Waals surface area contributed by atoms with Crippen molar-refractivity contribution in [1.29, 1.82) is 0 Å². The Labute approximate surface area is 137 Å². The molecule has 0 aliphatic carbocycles. The van der Waals surface area contributed by atoms with Crippen molar-refractivity contribution < 1.29 is 17.9 Å². The van der Waals surface area contributed by atoms with Gasteiger partial charge in [-0.15, -0.1) is 0 Å². The van der Waals surface area contributed by atoms with Crippen molar-refractivity contribution in [3.63, 3.8) is 0 Å². The van der Waals surface area contributed by atoms with Gasteiger partial charge in [-0.1, -0.05) is 0 Å². The lowest BCUT2D eigenvalue weighted by Gasteiger charge is -2.25. The van der Waals surface area contributed by atoms with Crippen LogP contribution < -0.4 is 5.14 Å². The number of sulfonamides is 1. The third-order valence-electron chi connectivity index (χ3n) is 3.68. The maximum absolute atomic E-state index is 12.6. The third-order valence-corrected chi connectivity index (χ3v) is 4.61. The zero-order valence-corrected chi connectivity index (χ0v) is 14.3. The van der Waals surface area contributed by atoms with Gasteiger partial charge < -0.3 is 14.5 Å². The van der Waals surface area contributed by atoms with Crippen LogP contribution in [0.4, 0.5) is 0 Å². The van der Waals surface area contributed by atoms with Crippen LogP contribution in [0.2, 0.25) is 0 Å². The predicted octanol–water partition coefficient (Wildman–Crippen LogP) is -0.0158. The van der Waals surface area contributed by atoms with Gasteiger partial charge in [0.2, 0.25) is 10.0 Å². The summed E-state index contributed by atoms with van der Waals surface area (Å²) in [5.41, 5.74) is 0.447. The van der Waals surface area contributed by atoms with Crippen LogP contribution in [0.25, 0.3) is 0 Å². The van der Waals surface area contributed by atoms with Crippen LogP contribution >= 0.6 is 0 Å². The molecule has 0 bridgehead atoms. The van der Waals surface area contributed by atoms with E-state index in [-0.39, 0.29) is 16.7 Å². The van der Waals surface area contributed by atoms with Gasteiger partial charge in [-0.05, 0) is 38.4 Å². The van der Waals surface area contributed by atoms with E-state index in [1.165, 1.54) is 24.3 Å². The second-order valence-electron chi connectivity index (χ2n) is 6.02. The molecule has 1 aliphatic rings. The predicted molar refractivity (Wildman–Crippen MR) is 86.6 cm³/mol. The normalized spacial score (nSPS) is 19.7. The molecule has 1 fully saturated rings. The summed E-state index contributed by atoms with van der Waals surface area (Å²) in [6.45, 7) is 3.12. The summed E-state index contributed by atoms with van der Waals surface area (Å²) in [7, 11) is 0.230. The monoisotopic (exact) mass is 341 g/mol. The summed E-state index contributed by atoms with van der Waals surface area (Å²) in [5, 5.41) is 5.07. The summed E-state index contributed by atoms with van der Waals surface area (Å²) in [5.74, 6) is 0.125. The first-order chi connectivity index (χ1) is 10.8. The van der Waals surface area contributed by atoms with Gasteiger partial charge in [0.05, 0.1) is 18.1 Å². The van der Waals surface area contributed by atoms with E-state index in [9.17, 15) is 13.2 Å². The number of nitrogens with zero attached hydrogens (tertiary/aromatic N) is 2. The summed E-state index contributed by atoms with van der Waals surface area (Å²) in [6.07, 6.45) is 0. The topological polar surface area (TPSA) is 92.9 Å². The Morgan fingerprint density at radius 2 is 2.00 bits per heavy atom. The average Bonchev–Trinajstić information content (AvgIpc) is 2.70. The Hall–Kier alpha value is -1.48. The van der Waals surface area contributed by atoms with Crippen molar-refractivity contribution in [3.05, 3.63) is 29.8 Å². The standard InChI is InChI=1S/C15H23N3O4S/c1-17(2)9-12-10-18(7-8-22-11-12)15(19)13-3-5-14(6-4-13)23(16,20)21/h3-6,12H,7-11H2,1-2H3,(H2,16,20,21)/t12-/m1/s1. The zero-order chi connectivity index (χ0) is 17.0. The maximum Gasteiger partial charge on any atom is 0.253 e. The van der Waals surface area contributed by atoms with Crippen molar-refractivity contribution in [2.45, 2.75) is 4.90 Å². The van der Waals surface area contributed by atoms with Gasteiger partial charge >= 0.3 is 0 Å². The molecule has 1 saturated heterocycles. The Morgan fingerprint density at radius 3 is 2.57 bits per heavy atom. The number of carbonyl (C=O) groups excluding carboxylic acids is 1. The van der Waals surface area contributed by atoms with Gasteiger partial charge in [-0.25, -0.2) is 13.6 Å². The Morgan fingerprint density at radius 1 is 1.35 bits per heavy atom. The first kappa shape index (κ1) is 17.9. The number of amides is 1. The van der Waals surface area contributed by atoms with E-state index in [2.05, 4.69) is 4.90 Å². The molecule has 0 saturated carbocycles. The second-order valence-corrected chi connectivity index (χ2v) is 7.59. The quantitative estimate of drug-likeness (QED) is 0.831. The third kappa shape index (κ3) is 5.00. The summed E-state index contributed by atoms with van der Waals surface area (Å²) >= 11 is 0. The molecule has 1 heterocycles. The average molecular weight is 341 g/mol. The number of hydrogen-bond donors (Lipinski definition) is 1. The molecular weight excluding hydrogens is 318 g/mol. The van der Waals surface area contributed by atoms with Gasteiger partial charge in [0.1, 0.15) is 0 Å². The van der Waals surface area contributed by atoms with Crippen LogP contribution in [0, 0.1) is 5.92 Å². The number of ether oxygens (including phenoxy) is 1. The van der Waals surface area contributed by atoms with Crippen molar-refractivity contribution >= 4 is 15.9 Å². The number of benzene rings is 1. The number of nitrogens with two attached hydrogens (primary N) is 1. The van der Waals surface area contributed by atoms with E-state index in [0.29, 0.717) is 31.9 Å². The van der Waals surface area contributed by atoms with E-state index in [1.807, 2.05) is 14.1 Å². The molecular formula is C15H23N3O4S. The molecule has 1 atom stereocenters. The fourth-order valence-electron chi connectivity index (χ4n) is 2.66. The lowest BCUT2D eigenvalue weighted by Crippen LogP contribution is -2.38. The SMILES string of the molecule is CN(C)C[C@H]1COCCN(C(=O)c2ccc(S(N)(=O)=O)cc2)C1. The highest BCUT2D eigenvalue weighted by molar-refractivity contribution is 7.89. The first-order valence-corrected chi connectivity index (χ1v) is 8.96. The summed E-state index contributed by atoms with van der Waals surface area (Å²) in [4.78, 5) is 16.4. The van der Waals surface area contributed by atoms with Crippen molar-refractivity contribution in [1.82, 2.24) is 9.80 Å². The van der Waals surface area contributed by atoms with E-state index in [1.54, 1.807) is 4.90 Å². The molecule has 128 valence electrons. The maximum atomic E-state index is 12.6. The largest absolute Gasteiger partial charge is 0.379 e. The minimum absolute atomic E-state index is 0.00117. The molecule has 0 aromatic heterocycles. The highest BCUT2D eigenvalue weighted by atomic mass is 32.2. The highest BCUT2D eigenvalue weighted by Crippen LogP contribution is 2.14. The first-order valence-electron chi connectivity index (χ1n) is 7.42. The fourth-order valence-corrected chi connectivity index (χ4v) is 3.18. The lowest BCUT2D eigenvalue weighted by molar-refractivity contribution is 0.0735. The molecule has 1 aromatic rings. The molecule has 1 amide bonds.